The summed E-state index contributed by atoms with van der Waals surface area (Å²) in [4.78, 5) is 35.6. The maximum Gasteiger partial charge on any atom is 0.412 e. The van der Waals surface area contributed by atoms with E-state index in [1.54, 1.807) is 0 Å². The molecular weight excluding hydrogens is 428 g/mol. The minimum atomic E-state index is -1.46. The Morgan fingerprint density at radius 3 is 2.27 bits per heavy atom. The number of carbonyl (C=O) groups excluding carboxylic acids is 2. The van der Waals surface area contributed by atoms with E-state index in [1.807, 2.05) is 48.5 Å². The second-order valence-electron chi connectivity index (χ2n) is 7.54. The topological polar surface area (TPSA) is 143 Å². The molecule has 10 nitrogen and oxygen atoms in total. The Hall–Kier alpha value is -4.18. The van der Waals surface area contributed by atoms with Gasteiger partial charge < -0.3 is 20.3 Å². The highest BCUT2D eigenvalue weighted by Gasteiger charge is 2.29. The minimum Gasteiger partial charge on any atom is -0.480 e. The molecular formula is C23H22N4O6. The van der Waals surface area contributed by atoms with Crippen LogP contribution in [0.15, 0.2) is 54.6 Å². The maximum absolute atomic E-state index is 12.5. The van der Waals surface area contributed by atoms with Crippen LogP contribution in [0.25, 0.3) is 11.1 Å². The first-order valence-corrected chi connectivity index (χ1v) is 10.2. The number of anilines is 1. The average Bonchev–Trinajstić information content (AvgIpc) is 3.33. The molecule has 1 aliphatic rings. The van der Waals surface area contributed by atoms with E-state index >= 15 is 0 Å². The van der Waals surface area contributed by atoms with E-state index < -0.39 is 30.6 Å². The number of rotatable bonds is 7. The first kappa shape index (κ1) is 22.0. The van der Waals surface area contributed by atoms with Crippen LogP contribution >= 0.6 is 0 Å². The highest BCUT2D eigenvalue weighted by molar-refractivity contribution is 5.96. The quantitative estimate of drug-likeness (QED) is 0.431. The number of hydrogen-bond acceptors (Lipinski definition) is 6. The Labute approximate surface area is 188 Å². The van der Waals surface area contributed by atoms with E-state index in [1.165, 1.54) is 17.8 Å². The summed E-state index contributed by atoms with van der Waals surface area (Å²) in [6, 6.07) is 15.8. The number of aliphatic hydroxyl groups is 1. The molecule has 10 heteroatoms. The van der Waals surface area contributed by atoms with Crippen LogP contribution in [0.5, 0.6) is 0 Å². The number of amides is 2. The monoisotopic (exact) mass is 450 g/mol. The Kier molecular flexibility index (Phi) is 6.09. The van der Waals surface area contributed by atoms with Crippen molar-refractivity contribution in [1.29, 1.82) is 0 Å². The third-order valence-electron chi connectivity index (χ3n) is 5.47. The number of aliphatic carboxylic acids is 1. The third kappa shape index (κ3) is 4.41. The first-order valence-electron chi connectivity index (χ1n) is 10.2. The van der Waals surface area contributed by atoms with Crippen molar-refractivity contribution >= 4 is 23.8 Å². The van der Waals surface area contributed by atoms with Crippen LogP contribution in [0, 0.1) is 0 Å². The average molecular weight is 450 g/mol. The predicted molar refractivity (Wildman–Crippen MR) is 118 cm³/mol. The Bertz CT molecular complexity index is 1180. The van der Waals surface area contributed by atoms with E-state index in [4.69, 9.17) is 14.9 Å². The number of fused-ring (bicyclic) bond motifs is 3. The number of nitrogens with zero attached hydrogens (tertiary/aromatic N) is 2. The number of nitrogens with one attached hydrogen (secondary N) is 2. The fourth-order valence-corrected chi connectivity index (χ4v) is 3.85. The fourth-order valence-electron chi connectivity index (χ4n) is 3.85. The molecule has 3 aromatic rings. The van der Waals surface area contributed by atoms with Crippen molar-refractivity contribution in [3.63, 3.8) is 0 Å². The lowest BCUT2D eigenvalue weighted by atomic mass is 9.98. The van der Waals surface area contributed by atoms with Gasteiger partial charge in [-0.1, -0.05) is 48.5 Å². The van der Waals surface area contributed by atoms with E-state index in [9.17, 15) is 14.4 Å². The Morgan fingerprint density at radius 1 is 1.09 bits per heavy atom. The van der Waals surface area contributed by atoms with Gasteiger partial charge in [0.15, 0.2) is 11.7 Å². The summed E-state index contributed by atoms with van der Waals surface area (Å²) in [7, 11) is 1.51. The summed E-state index contributed by atoms with van der Waals surface area (Å²) < 4.78 is 6.73. The van der Waals surface area contributed by atoms with Crippen molar-refractivity contribution in [3.05, 3.63) is 71.4 Å². The second-order valence-corrected chi connectivity index (χ2v) is 7.54. The van der Waals surface area contributed by atoms with E-state index in [-0.39, 0.29) is 24.0 Å². The second kappa shape index (κ2) is 9.13. The van der Waals surface area contributed by atoms with Gasteiger partial charge in [-0.3, -0.25) is 14.8 Å². The summed E-state index contributed by atoms with van der Waals surface area (Å²) in [5, 5.41) is 26.7. The van der Waals surface area contributed by atoms with Crippen molar-refractivity contribution < 1.29 is 29.3 Å². The van der Waals surface area contributed by atoms with Crippen LogP contribution in [0.4, 0.5) is 10.6 Å². The molecule has 1 aromatic heterocycles. The highest BCUT2D eigenvalue weighted by atomic mass is 16.5. The van der Waals surface area contributed by atoms with Gasteiger partial charge in [0.2, 0.25) is 0 Å². The molecule has 1 atom stereocenters. The smallest absolute Gasteiger partial charge is 0.412 e. The van der Waals surface area contributed by atoms with Gasteiger partial charge in [0.1, 0.15) is 12.4 Å². The zero-order valence-corrected chi connectivity index (χ0v) is 17.7. The van der Waals surface area contributed by atoms with Gasteiger partial charge in [-0.2, -0.15) is 5.10 Å². The number of carboxylic acids is 1. The normalized spacial score (nSPS) is 13.0. The molecule has 170 valence electrons. The molecule has 2 aromatic carbocycles. The molecule has 2 amide bonds. The highest BCUT2D eigenvalue weighted by Crippen LogP contribution is 2.44. The van der Waals surface area contributed by atoms with Crippen molar-refractivity contribution in [2.24, 2.45) is 7.05 Å². The predicted octanol–water partition coefficient (Wildman–Crippen LogP) is 1.96. The van der Waals surface area contributed by atoms with Gasteiger partial charge in [-0.05, 0) is 22.3 Å². The zero-order chi connectivity index (χ0) is 23.5. The van der Waals surface area contributed by atoms with Crippen LogP contribution in [0.1, 0.15) is 27.5 Å². The Morgan fingerprint density at radius 2 is 1.70 bits per heavy atom. The molecule has 4 N–H and O–H groups in total. The van der Waals surface area contributed by atoms with Crippen molar-refractivity contribution in [3.8, 4) is 11.1 Å². The van der Waals surface area contributed by atoms with Gasteiger partial charge in [0, 0.05) is 19.0 Å². The summed E-state index contributed by atoms with van der Waals surface area (Å²) in [6.07, 6.45) is -0.717. The van der Waals surface area contributed by atoms with Gasteiger partial charge in [-0.15, -0.1) is 0 Å². The molecule has 0 spiro atoms. The largest absolute Gasteiger partial charge is 0.480 e. The summed E-state index contributed by atoms with van der Waals surface area (Å²) in [5.74, 6) is -2.08. The fraction of sp³-hybridized carbons (Fsp3) is 0.217. The molecule has 0 unspecified atom stereocenters. The van der Waals surface area contributed by atoms with Crippen LogP contribution in [-0.4, -0.2) is 57.2 Å². The number of aliphatic hydroxyl groups excluding tert-OH is 1. The number of aryl methyl sites for hydroxylation is 1. The van der Waals surface area contributed by atoms with Crippen LogP contribution in [0.2, 0.25) is 0 Å². The first-order chi connectivity index (χ1) is 15.9. The maximum atomic E-state index is 12.5. The molecule has 0 saturated carbocycles. The van der Waals surface area contributed by atoms with Crippen molar-refractivity contribution in [2.75, 3.05) is 18.5 Å². The van der Waals surface area contributed by atoms with Crippen molar-refractivity contribution in [2.45, 2.75) is 12.0 Å². The van der Waals surface area contributed by atoms with Crippen LogP contribution < -0.4 is 10.6 Å². The number of carboxylic acid groups (broad SMARTS) is 1. The van der Waals surface area contributed by atoms with Gasteiger partial charge >= 0.3 is 12.1 Å². The van der Waals surface area contributed by atoms with Crippen molar-refractivity contribution in [1.82, 2.24) is 15.1 Å². The molecule has 1 heterocycles. The third-order valence-corrected chi connectivity index (χ3v) is 5.47. The standard InChI is InChI=1S/C23H22N4O6/c1-27-20(10-18(26-27)21(29)24-19(11-28)22(30)31)25-23(32)33-12-17-15-8-4-2-6-13(15)14-7-3-5-9-16(14)17/h2-10,17,19,28H,11-12H2,1H3,(H,24,29)(H,25,32)(H,30,31)/t19-/m1/s1. The van der Waals surface area contributed by atoms with Gasteiger partial charge in [0.25, 0.3) is 5.91 Å². The number of aromatic nitrogens is 2. The lowest BCUT2D eigenvalue weighted by Gasteiger charge is -2.14. The number of hydrogen-bond donors (Lipinski definition) is 4. The lowest BCUT2D eigenvalue weighted by Crippen LogP contribution is -2.43. The zero-order valence-electron chi connectivity index (χ0n) is 17.7. The summed E-state index contributed by atoms with van der Waals surface area (Å²) in [5.41, 5.74) is 4.29. The van der Waals surface area contributed by atoms with E-state index in [0.29, 0.717) is 0 Å². The molecule has 4 rings (SSSR count). The molecule has 0 saturated heterocycles. The van der Waals surface area contributed by atoms with Crippen LogP contribution in [0.3, 0.4) is 0 Å². The Balaban J connectivity index is 1.41. The number of carbonyl (C=O) groups is 3. The minimum absolute atomic E-state index is 0.0949. The molecule has 1 aliphatic carbocycles. The SMILES string of the molecule is Cn1nc(C(=O)N[C@H](CO)C(=O)O)cc1NC(=O)OCC1c2ccccc2-c2ccccc21. The lowest BCUT2D eigenvalue weighted by molar-refractivity contribution is -0.140. The number of benzene rings is 2. The molecule has 0 radical (unpaired) electrons. The summed E-state index contributed by atoms with van der Waals surface area (Å²) >= 11 is 0. The van der Waals surface area contributed by atoms with Gasteiger partial charge in [0.05, 0.1) is 6.61 Å². The van der Waals surface area contributed by atoms with E-state index in [0.717, 1.165) is 22.3 Å². The van der Waals surface area contributed by atoms with Gasteiger partial charge in [-0.25, -0.2) is 9.59 Å². The van der Waals surface area contributed by atoms with Crippen LogP contribution in [-0.2, 0) is 16.6 Å². The van der Waals surface area contributed by atoms with E-state index in [2.05, 4.69) is 15.7 Å². The molecule has 0 aliphatic heterocycles. The summed E-state index contributed by atoms with van der Waals surface area (Å²) in [6.45, 7) is -0.638. The molecule has 0 bridgehead atoms. The molecule has 0 fully saturated rings. The number of ether oxygens (including phenoxy) is 1. The molecule has 33 heavy (non-hydrogen) atoms.